The van der Waals surface area contributed by atoms with Crippen LogP contribution in [-0.4, -0.2) is 73.9 Å². The van der Waals surface area contributed by atoms with Gasteiger partial charge in [-0.2, -0.15) is 0 Å². The zero-order valence-corrected chi connectivity index (χ0v) is 15.5. The van der Waals surface area contributed by atoms with Crippen molar-refractivity contribution in [3.05, 3.63) is 35.9 Å². The van der Waals surface area contributed by atoms with Crippen LogP contribution in [0.15, 0.2) is 35.5 Å². The number of rotatable bonds is 6. The van der Waals surface area contributed by atoms with Crippen molar-refractivity contribution < 1.29 is 4.79 Å². The number of carbonyl (C=O) groups excluding carboxylic acids is 1. The fourth-order valence-electron chi connectivity index (χ4n) is 2.89. The normalized spacial score (nSPS) is 16.8. The molecule has 2 aromatic rings. The first kappa shape index (κ1) is 17.9. The lowest BCUT2D eigenvalue weighted by Gasteiger charge is -2.35. The number of piperazine rings is 1. The average molecular weight is 360 g/mol. The summed E-state index contributed by atoms with van der Waals surface area (Å²) in [5.41, 5.74) is 1.13. The van der Waals surface area contributed by atoms with Crippen molar-refractivity contribution in [2.45, 2.75) is 30.8 Å². The monoisotopic (exact) mass is 360 g/mol. The number of amides is 1. The van der Waals surface area contributed by atoms with Crippen molar-refractivity contribution in [1.82, 2.24) is 30.0 Å². The summed E-state index contributed by atoms with van der Waals surface area (Å²) in [5, 5.41) is 12.4. The molecular weight excluding hydrogens is 336 g/mol. The summed E-state index contributed by atoms with van der Waals surface area (Å²) in [7, 11) is 0. The van der Waals surface area contributed by atoms with E-state index in [1.54, 1.807) is 4.68 Å². The molecule has 8 heteroatoms. The van der Waals surface area contributed by atoms with Gasteiger partial charge in [-0.15, -0.1) is 5.10 Å². The molecule has 0 radical (unpaired) electrons. The summed E-state index contributed by atoms with van der Waals surface area (Å²) in [6.45, 7) is 9.23. The average Bonchev–Trinajstić information content (AvgIpc) is 3.08. The SMILES string of the molecule is CCN1CCN(C(=O)[C@H](C)Sc2nnnn2Cc2ccccc2)CC1. The van der Waals surface area contributed by atoms with Gasteiger partial charge in [-0.05, 0) is 29.5 Å². The lowest BCUT2D eigenvalue weighted by atomic mass is 10.2. The predicted molar refractivity (Wildman–Crippen MR) is 97.4 cm³/mol. The van der Waals surface area contributed by atoms with Crippen molar-refractivity contribution >= 4 is 17.7 Å². The topological polar surface area (TPSA) is 67.2 Å². The number of tetrazole rings is 1. The zero-order chi connectivity index (χ0) is 17.6. The van der Waals surface area contributed by atoms with Crippen molar-refractivity contribution in [2.24, 2.45) is 0 Å². The lowest BCUT2D eigenvalue weighted by Crippen LogP contribution is -2.50. The van der Waals surface area contributed by atoms with Crippen LogP contribution in [-0.2, 0) is 11.3 Å². The largest absolute Gasteiger partial charge is 0.339 e. The molecule has 7 nitrogen and oxygen atoms in total. The molecule has 0 aliphatic carbocycles. The highest BCUT2D eigenvalue weighted by Gasteiger charge is 2.26. The maximum atomic E-state index is 12.7. The number of hydrogen-bond donors (Lipinski definition) is 0. The number of hydrogen-bond acceptors (Lipinski definition) is 6. The minimum Gasteiger partial charge on any atom is -0.339 e. The molecule has 1 amide bonds. The van der Waals surface area contributed by atoms with Gasteiger partial charge in [0.2, 0.25) is 11.1 Å². The van der Waals surface area contributed by atoms with Gasteiger partial charge in [0, 0.05) is 26.2 Å². The van der Waals surface area contributed by atoms with Gasteiger partial charge in [0.05, 0.1) is 11.8 Å². The molecule has 1 aromatic carbocycles. The van der Waals surface area contributed by atoms with Crippen LogP contribution < -0.4 is 0 Å². The maximum absolute atomic E-state index is 12.7. The number of likely N-dealkylation sites (N-methyl/N-ethyl adjacent to an activating group) is 1. The van der Waals surface area contributed by atoms with Crippen LogP contribution in [0.5, 0.6) is 0 Å². The number of nitrogens with zero attached hydrogens (tertiary/aromatic N) is 6. The van der Waals surface area contributed by atoms with Crippen molar-refractivity contribution in [3.8, 4) is 0 Å². The second kappa shape index (κ2) is 8.44. The highest BCUT2D eigenvalue weighted by atomic mass is 32.2. The molecule has 0 saturated carbocycles. The van der Waals surface area contributed by atoms with E-state index in [4.69, 9.17) is 0 Å². The van der Waals surface area contributed by atoms with Gasteiger partial charge in [0.25, 0.3) is 0 Å². The molecule has 0 bridgehead atoms. The third kappa shape index (κ3) is 4.58. The third-order valence-corrected chi connectivity index (χ3v) is 5.49. The van der Waals surface area contributed by atoms with Gasteiger partial charge in [-0.25, -0.2) is 4.68 Å². The number of thioether (sulfide) groups is 1. The smallest absolute Gasteiger partial charge is 0.235 e. The molecule has 1 fully saturated rings. The second-order valence-corrected chi connectivity index (χ2v) is 7.43. The van der Waals surface area contributed by atoms with Crippen LogP contribution in [0.4, 0.5) is 0 Å². The van der Waals surface area contributed by atoms with Gasteiger partial charge < -0.3 is 9.80 Å². The molecule has 134 valence electrons. The van der Waals surface area contributed by atoms with E-state index in [2.05, 4.69) is 27.3 Å². The van der Waals surface area contributed by atoms with E-state index in [0.29, 0.717) is 11.7 Å². The maximum Gasteiger partial charge on any atom is 0.235 e. The first-order valence-electron chi connectivity index (χ1n) is 8.65. The first-order valence-corrected chi connectivity index (χ1v) is 9.53. The van der Waals surface area contributed by atoms with Crippen LogP contribution in [0.1, 0.15) is 19.4 Å². The molecule has 1 atom stereocenters. The van der Waals surface area contributed by atoms with E-state index >= 15 is 0 Å². The Hall–Kier alpha value is -1.93. The Bertz CT molecular complexity index is 683. The zero-order valence-electron chi connectivity index (χ0n) is 14.7. The van der Waals surface area contributed by atoms with Crippen LogP contribution in [0.25, 0.3) is 0 Å². The molecule has 0 spiro atoms. The summed E-state index contributed by atoms with van der Waals surface area (Å²) in [6, 6.07) is 10.1. The molecule has 1 aliphatic heterocycles. The summed E-state index contributed by atoms with van der Waals surface area (Å²) < 4.78 is 1.75. The van der Waals surface area contributed by atoms with E-state index in [0.717, 1.165) is 38.3 Å². The number of carbonyl (C=O) groups is 1. The molecule has 25 heavy (non-hydrogen) atoms. The van der Waals surface area contributed by atoms with E-state index < -0.39 is 0 Å². The van der Waals surface area contributed by atoms with E-state index in [1.165, 1.54) is 11.8 Å². The minimum absolute atomic E-state index is 0.162. The standard InChI is InChI=1S/C17H24N6OS/c1-3-21-9-11-22(12-10-21)16(24)14(2)25-17-18-19-20-23(17)13-15-7-5-4-6-8-15/h4-8,14H,3,9-13H2,1-2H3/t14-/m0/s1. The quantitative estimate of drug-likeness (QED) is 0.725. The van der Waals surface area contributed by atoms with Gasteiger partial charge in [-0.3, -0.25) is 4.79 Å². The molecule has 2 heterocycles. The molecule has 3 rings (SSSR count). The highest BCUT2D eigenvalue weighted by Crippen LogP contribution is 2.23. The van der Waals surface area contributed by atoms with Crippen LogP contribution in [0.3, 0.4) is 0 Å². The van der Waals surface area contributed by atoms with Crippen LogP contribution in [0.2, 0.25) is 0 Å². The Kier molecular flexibility index (Phi) is 6.04. The van der Waals surface area contributed by atoms with Crippen molar-refractivity contribution in [3.63, 3.8) is 0 Å². The summed E-state index contributed by atoms with van der Waals surface area (Å²) in [4.78, 5) is 17.0. The van der Waals surface area contributed by atoms with Crippen LogP contribution >= 0.6 is 11.8 Å². The molecular formula is C17H24N6OS. The Morgan fingerprint density at radius 2 is 1.92 bits per heavy atom. The Morgan fingerprint density at radius 1 is 1.20 bits per heavy atom. The van der Waals surface area contributed by atoms with E-state index in [-0.39, 0.29) is 11.2 Å². The van der Waals surface area contributed by atoms with Gasteiger partial charge in [0.1, 0.15) is 0 Å². The van der Waals surface area contributed by atoms with Crippen molar-refractivity contribution in [1.29, 1.82) is 0 Å². The van der Waals surface area contributed by atoms with Gasteiger partial charge in [0.15, 0.2) is 0 Å². The van der Waals surface area contributed by atoms with E-state index in [9.17, 15) is 4.79 Å². The van der Waals surface area contributed by atoms with Gasteiger partial charge >= 0.3 is 0 Å². The van der Waals surface area contributed by atoms with Crippen molar-refractivity contribution in [2.75, 3.05) is 32.7 Å². The fraction of sp³-hybridized carbons (Fsp3) is 0.529. The predicted octanol–water partition coefficient (Wildman–Crippen LogP) is 1.37. The molecule has 1 aliphatic rings. The molecule has 1 saturated heterocycles. The summed E-state index contributed by atoms with van der Waals surface area (Å²) in [5.74, 6) is 0.162. The number of benzene rings is 1. The molecule has 1 aromatic heterocycles. The lowest BCUT2D eigenvalue weighted by molar-refractivity contribution is -0.132. The third-order valence-electron chi connectivity index (χ3n) is 4.44. The minimum atomic E-state index is -0.200. The molecule has 0 unspecified atom stereocenters. The number of aromatic nitrogens is 4. The Morgan fingerprint density at radius 3 is 2.60 bits per heavy atom. The van der Waals surface area contributed by atoms with Gasteiger partial charge in [-0.1, -0.05) is 49.0 Å². The van der Waals surface area contributed by atoms with Crippen LogP contribution in [0, 0.1) is 0 Å². The second-order valence-electron chi connectivity index (χ2n) is 6.12. The summed E-state index contributed by atoms with van der Waals surface area (Å²) in [6.07, 6.45) is 0. The van der Waals surface area contributed by atoms with E-state index in [1.807, 2.05) is 42.2 Å². The Balaban J connectivity index is 1.59. The Labute approximate surface area is 152 Å². The molecule has 0 N–H and O–H groups in total. The highest BCUT2D eigenvalue weighted by molar-refractivity contribution is 8.00. The first-order chi connectivity index (χ1) is 12.2. The fourth-order valence-corrected chi connectivity index (χ4v) is 3.76. The summed E-state index contributed by atoms with van der Waals surface area (Å²) >= 11 is 1.43.